The van der Waals surface area contributed by atoms with Crippen LogP contribution in [0.2, 0.25) is 0 Å². The number of hydrogen-bond donors (Lipinski definition) is 1. The topological polar surface area (TPSA) is 32.3 Å². The van der Waals surface area contributed by atoms with Crippen molar-refractivity contribution in [2.75, 3.05) is 20.1 Å². The van der Waals surface area contributed by atoms with Crippen LogP contribution in [0.1, 0.15) is 24.1 Å². The van der Waals surface area contributed by atoms with E-state index in [0.29, 0.717) is 0 Å². The molecule has 1 fully saturated rings. The minimum Gasteiger partial charge on any atom is -0.339 e. The Labute approximate surface area is 115 Å². The van der Waals surface area contributed by atoms with E-state index in [1.165, 1.54) is 11.1 Å². The highest BCUT2D eigenvalue weighted by Gasteiger charge is 2.29. The van der Waals surface area contributed by atoms with Crippen molar-refractivity contribution in [3.63, 3.8) is 0 Å². The average Bonchev–Trinajstić information content (AvgIpc) is 2.25. The Morgan fingerprint density at radius 3 is 2.33 bits per heavy atom. The van der Waals surface area contributed by atoms with Gasteiger partial charge in [0.1, 0.15) is 0 Å². The van der Waals surface area contributed by atoms with Crippen molar-refractivity contribution in [3.8, 4) is 0 Å². The SMILES string of the molecule is Cc1ccc(C(C)N(C)C(=O)C2CNC2)cc1.Cl. The predicted molar refractivity (Wildman–Crippen MR) is 76.0 cm³/mol. The van der Waals surface area contributed by atoms with E-state index in [-0.39, 0.29) is 30.3 Å². The number of nitrogens with one attached hydrogen (secondary N) is 1. The lowest BCUT2D eigenvalue weighted by Gasteiger charge is -2.33. The highest BCUT2D eigenvalue weighted by Crippen LogP contribution is 2.21. The van der Waals surface area contributed by atoms with Crippen molar-refractivity contribution >= 4 is 18.3 Å². The first-order valence-electron chi connectivity index (χ1n) is 6.13. The predicted octanol–water partition coefficient (Wildman–Crippen LogP) is 2.16. The zero-order valence-corrected chi connectivity index (χ0v) is 12.0. The second-order valence-electron chi connectivity index (χ2n) is 4.89. The van der Waals surface area contributed by atoms with Crippen molar-refractivity contribution in [2.45, 2.75) is 19.9 Å². The van der Waals surface area contributed by atoms with Gasteiger partial charge in [-0.1, -0.05) is 29.8 Å². The molecule has 1 aromatic rings. The van der Waals surface area contributed by atoms with Gasteiger partial charge >= 0.3 is 0 Å². The van der Waals surface area contributed by atoms with Gasteiger partial charge < -0.3 is 10.2 Å². The van der Waals surface area contributed by atoms with Gasteiger partial charge in [0.2, 0.25) is 5.91 Å². The Hall–Kier alpha value is -1.06. The van der Waals surface area contributed by atoms with Crippen LogP contribution in [0.4, 0.5) is 0 Å². The van der Waals surface area contributed by atoms with Gasteiger partial charge in [-0.2, -0.15) is 0 Å². The number of carbonyl (C=O) groups is 1. The summed E-state index contributed by atoms with van der Waals surface area (Å²) in [5, 5.41) is 3.14. The Bertz CT molecular complexity index is 401. The molecular weight excluding hydrogens is 248 g/mol. The molecule has 1 atom stereocenters. The molecular formula is C14H21ClN2O. The van der Waals surface area contributed by atoms with Gasteiger partial charge in [0.25, 0.3) is 0 Å². The first kappa shape index (κ1) is 15.0. The summed E-state index contributed by atoms with van der Waals surface area (Å²) in [6.07, 6.45) is 0. The second kappa shape index (κ2) is 6.21. The van der Waals surface area contributed by atoms with Crippen LogP contribution in [0.15, 0.2) is 24.3 Å². The summed E-state index contributed by atoms with van der Waals surface area (Å²) in [6, 6.07) is 8.53. The van der Waals surface area contributed by atoms with Crippen molar-refractivity contribution in [1.82, 2.24) is 10.2 Å². The molecule has 18 heavy (non-hydrogen) atoms. The molecule has 1 unspecified atom stereocenters. The Morgan fingerprint density at radius 1 is 1.33 bits per heavy atom. The molecule has 1 aliphatic rings. The Kier molecular flexibility index (Phi) is 5.17. The van der Waals surface area contributed by atoms with Gasteiger partial charge in [-0.05, 0) is 19.4 Å². The molecule has 0 radical (unpaired) electrons. The fourth-order valence-electron chi connectivity index (χ4n) is 2.01. The summed E-state index contributed by atoms with van der Waals surface area (Å²) in [6.45, 7) is 5.80. The smallest absolute Gasteiger partial charge is 0.228 e. The maximum atomic E-state index is 12.1. The monoisotopic (exact) mass is 268 g/mol. The molecule has 1 N–H and O–H groups in total. The molecule has 1 aromatic carbocycles. The quantitative estimate of drug-likeness (QED) is 0.911. The van der Waals surface area contributed by atoms with Crippen LogP contribution in [0.5, 0.6) is 0 Å². The summed E-state index contributed by atoms with van der Waals surface area (Å²) >= 11 is 0. The van der Waals surface area contributed by atoms with Crippen molar-refractivity contribution in [3.05, 3.63) is 35.4 Å². The minimum absolute atomic E-state index is 0. The molecule has 1 saturated heterocycles. The van der Waals surface area contributed by atoms with Crippen molar-refractivity contribution in [1.29, 1.82) is 0 Å². The van der Waals surface area contributed by atoms with Gasteiger partial charge in [-0.25, -0.2) is 0 Å². The number of halogens is 1. The number of aryl methyl sites for hydroxylation is 1. The van der Waals surface area contributed by atoms with Crippen LogP contribution in [-0.2, 0) is 4.79 Å². The minimum atomic E-state index is 0. The summed E-state index contributed by atoms with van der Waals surface area (Å²) in [7, 11) is 1.89. The molecule has 1 amide bonds. The van der Waals surface area contributed by atoms with Crippen LogP contribution in [0.25, 0.3) is 0 Å². The van der Waals surface area contributed by atoms with Gasteiger partial charge in [-0.3, -0.25) is 4.79 Å². The number of nitrogens with zero attached hydrogens (tertiary/aromatic N) is 1. The van der Waals surface area contributed by atoms with Crippen LogP contribution >= 0.6 is 12.4 Å². The zero-order valence-electron chi connectivity index (χ0n) is 11.1. The van der Waals surface area contributed by atoms with Crippen LogP contribution in [0, 0.1) is 12.8 Å². The van der Waals surface area contributed by atoms with Gasteiger partial charge in [0.05, 0.1) is 12.0 Å². The number of benzene rings is 1. The summed E-state index contributed by atoms with van der Waals surface area (Å²) < 4.78 is 0. The van der Waals surface area contributed by atoms with Gasteiger partial charge in [-0.15, -0.1) is 12.4 Å². The average molecular weight is 269 g/mol. The maximum Gasteiger partial charge on any atom is 0.228 e. The number of rotatable bonds is 3. The van der Waals surface area contributed by atoms with Gasteiger partial charge in [0, 0.05) is 20.1 Å². The molecule has 4 heteroatoms. The highest BCUT2D eigenvalue weighted by atomic mass is 35.5. The summed E-state index contributed by atoms with van der Waals surface area (Å²) in [5.41, 5.74) is 2.44. The van der Waals surface area contributed by atoms with Gasteiger partial charge in [0.15, 0.2) is 0 Å². The molecule has 1 aliphatic heterocycles. The maximum absolute atomic E-state index is 12.1. The third-order valence-corrected chi connectivity index (χ3v) is 3.62. The molecule has 100 valence electrons. The first-order valence-corrected chi connectivity index (χ1v) is 6.13. The summed E-state index contributed by atoms with van der Waals surface area (Å²) in [4.78, 5) is 14.0. The second-order valence-corrected chi connectivity index (χ2v) is 4.89. The van der Waals surface area contributed by atoms with Crippen molar-refractivity contribution < 1.29 is 4.79 Å². The van der Waals surface area contributed by atoms with Crippen LogP contribution in [0.3, 0.4) is 0 Å². The molecule has 0 aromatic heterocycles. The molecule has 1 heterocycles. The van der Waals surface area contributed by atoms with E-state index in [9.17, 15) is 4.79 Å². The largest absolute Gasteiger partial charge is 0.339 e. The third-order valence-electron chi connectivity index (χ3n) is 3.62. The molecule has 2 rings (SSSR count). The Morgan fingerprint density at radius 2 is 1.89 bits per heavy atom. The lowest BCUT2D eigenvalue weighted by molar-refractivity contribution is -0.137. The number of hydrogen-bond acceptors (Lipinski definition) is 2. The van der Waals surface area contributed by atoms with E-state index in [1.807, 2.05) is 11.9 Å². The number of carbonyl (C=O) groups excluding carboxylic acids is 1. The standard InChI is InChI=1S/C14H20N2O.ClH/c1-10-4-6-12(7-5-10)11(2)16(3)14(17)13-8-15-9-13;/h4-7,11,13,15H,8-9H2,1-3H3;1H. The van der Waals surface area contributed by atoms with E-state index in [1.54, 1.807) is 0 Å². The van der Waals surface area contributed by atoms with E-state index in [4.69, 9.17) is 0 Å². The fraction of sp³-hybridized carbons (Fsp3) is 0.500. The van der Waals surface area contributed by atoms with E-state index in [2.05, 4.69) is 43.4 Å². The summed E-state index contributed by atoms with van der Waals surface area (Å²) in [5.74, 6) is 0.421. The van der Waals surface area contributed by atoms with E-state index >= 15 is 0 Å². The lowest BCUT2D eigenvalue weighted by atomic mass is 9.99. The highest BCUT2D eigenvalue weighted by molar-refractivity contribution is 5.85. The molecule has 0 spiro atoms. The van der Waals surface area contributed by atoms with Crippen molar-refractivity contribution in [2.24, 2.45) is 5.92 Å². The number of amides is 1. The molecule has 0 bridgehead atoms. The molecule has 0 saturated carbocycles. The third kappa shape index (κ3) is 3.03. The molecule has 3 nitrogen and oxygen atoms in total. The fourth-order valence-corrected chi connectivity index (χ4v) is 2.01. The van der Waals surface area contributed by atoms with Crippen LogP contribution < -0.4 is 5.32 Å². The first-order chi connectivity index (χ1) is 8.09. The normalized spacial score (nSPS) is 16.4. The van der Waals surface area contributed by atoms with E-state index in [0.717, 1.165) is 13.1 Å². The Balaban J connectivity index is 0.00000162. The molecule has 0 aliphatic carbocycles. The van der Waals surface area contributed by atoms with Crippen LogP contribution in [-0.4, -0.2) is 30.9 Å². The van der Waals surface area contributed by atoms with E-state index < -0.39 is 0 Å². The lowest BCUT2D eigenvalue weighted by Crippen LogP contribution is -2.51. The zero-order chi connectivity index (χ0) is 12.4.